The van der Waals surface area contributed by atoms with Gasteiger partial charge in [0.2, 0.25) is 11.8 Å². The minimum absolute atomic E-state index is 0.0255. The minimum Gasteiger partial charge on any atom is -0.469 e. The van der Waals surface area contributed by atoms with Gasteiger partial charge in [-0.1, -0.05) is 0 Å². The van der Waals surface area contributed by atoms with Crippen molar-refractivity contribution in [3.63, 3.8) is 0 Å². The average Bonchev–Trinajstić information content (AvgIpc) is 2.80. The summed E-state index contributed by atoms with van der Waals surface area (Å²) < 4.78 is 26.7. The van der Waals surface area contributed by atoms with E-state index in [0.717, 1.165) is 0 Å². The molecule has 4 rings (SSSR count). The number of fused-ring (bicyclic) bond motifs is 1. The average molecular weight is 429 g/mol. The van der Waals surface area contributed by atoms with Crippen molar-refractivity contribution in [3.05, 3.63) is 29.6 Å². The molecule has 2 aliphatic heterocycles. The van der Waals surface area contributed by atoms with E-state index in [-0.39, 0.29) is 34.6 Å². The molecule has 1 aromatic heterocycles. The van der Waals surface area contributed by atoms with Crippen molar-refractivity contribution in [1.82, 2.24) is 14.9 Å². The van der Waals surface area contributed by atoms with Gasteiger partial charge in [-0.15, -0.1) is 0 Å². The van der Waals surface area contributed by atoms with Crippen molar-refractivity contribution < 1.29 is 18.7 Å². The number of amides is 1. The van der Waals surface area contributed by atoms with E-state index in [1.807, 2.05) is 32.6 Å². The molecule has 0 saturated carbocycles. The number of aromatic nitrogens is 2. The molecule has 9 heteroatoms. The third kappa shape index (κ3) is 4.01. The van der Waals surface area contributed by atoms with Gasteiger partial charge in [0.25, 0.3) is 5.91 Å². The summed E-state index contributed by atoms with van der Waals surface area (Å²) in [4.78, 5) is 26.4. The summed E-state index contributed by atoms with van der Waals surface area (Å²) in [5, 5.41) is 0. The zero-order chi connectivity index (χ0) is 22.3. The van der Waals surface area contributed by atoms with Crippen LogP contribution in [0.1, 0.15) is 38.1 Å². The van der Waals surface area contributed by atoms with Gasteiger partial charge in [-0.05, 0) is 45.9 Å². The largest absolute Gasteiger partial charge is 0.469 e. The molecule has 8 nitrogen and oxygen atoms in total. The summed E-state index contributed by atoms with van der Waals surface area (Å²) in [5.74, 6) is -0.285. The first kappa shape index (κ1) is 21.3. The van der Waals surface area contributed by atoms with Crippen LogP contribution < -0.4 is 15.4 Å². The maximum atomic E-state index is 15.0. The molecular weight excluding hydrogens is 401 g/mol. The van der Waals surface area contributed by atoms with E-state index in [1.165, 1.54) is 6.07 Å². The molecule has 1 saturated heterocycles. The van der Waals surface area contributed by atoms with Crippen LogP contribution >= 0.6 is 0 Å². The van der Waals surface area contributed by atoms with Crippen LogP contribution in [-0.4, -0.2) is 65.3 Å². The molecule has 1 aromatic carbocycles. The van der Waals surface area contributed by atoms with Crippen LogP contribution in [0.25, 0.3) is 11.3 Å². The van der Waals surface area contributed by atoms with Crippen molar-refractivity contribution in [2.75, 3.05) is 43.5 Å². The fraction of sp³-hybridized carbons (Fsp3) is 0.500. The number of anilines is 2. The van der Waals surface area contributed by atoms with Gasteiger partial charge in [0.15, 0.2) is 0 Å². The molecule has 0 radical (unpaired) electrons. The number of rotatable bonds is 3. The highest BCUT2D eigenvalue weighted by Crippen LogP contribution is 2.37. The molecule has 0 aliphatic carbocycles. The molecule has 166 valence electrons. The standard InChI is InChI=1S/C22H28FN5O3/c1-5-27-12-22(3,4)31-19-17(20(27)29)18(15-7-6-14(24)10-16(15)23)25-21(26-19)28-8-9-30-11-13(28)2/h6-7,10,13H,5,8-9,11-12,24H2,1-4H3. The molecule has 0 bridgehead atoms. The molecule has 1 fully saturated rings. The monoisotopic (exact) mass is 429 g/mol. The van der Waals surface area contributed by atoms with Crippen molar-refractivity contribution in [2.24, 2.45) is 0 Å². The number of halogens is 1. The second-order valence-corrected chi connectivity index (χ2v) is 8.59. The third-order valence-corrected chi connectivity index (χ3v) is 5.56. The highest BCUT2D eigenvalue weighted by atomic mass is 19.1. The Labute approximate surface area is 181 Å². The van der Waals surface area contributed by atoms with Gasteiger partial charge < -0.3 is 25.0 Å². The van der Waals surface area contributed by atoms with Crippen LogP contribution in [0.3, 0.4) is 0 Å². The number of likely N-dealkylation sites (N-methyl/N-ethyl adjacent to an activating group) is 1. The normalized spacial score (nSPS) is 20.8. The number of benzene rings is 1. The van der Waals surface area contributed by atoms with Gasteiger partial charge in [-0.3, -0.25) is 4.79 Å². The topological polar surface area (TPSA) is 93.8 Å². The highest BCUT2D eigenvalue weighted by molar-refractivity contribution is 6.02. The maximum absolute atomic E-state index is 15.0. The predicted molar refractivity (Wildman–Crippen MR) is 116 cm³/mol. The Morgan fingerprint density at radius 2 is 2.10 bits per heavy atom. The number of hydrogen-bond donors (Lipinski definition) is 1. The Balaban J connectivity index is 1.97. The van der Waals surface area contributed by atoms with E-state index < -0.39 is 11.4 Å². The number of nitrogens with zero attached hydrogens (tertiary/aromatic N) is 4. The summed E-state index contributed by atoms with van der Waals surface area (Å²) in [7, 11) is 0. The molecule has 1 amide bonds. The van der Waals surface area contributed by atoms with Crippen molar-refractivity contribution in [3.8, 4) is 17.1 Å². The maximum Gasteiger partial charge on any atom is 0.261 e. The fourth-order valence-corrected chi connectivity index (χ4v) is 4.01. The van der Waals surface area contributed by atoms with E-state index >= 15 is 0 Å². The highest BCUT2D eigenvalue weighted by Gasteiger charge is 2.38. The van der Waals surface area contributed by atoms with Gasteiger partial charge >= 0.3 is 0 Å². The van der Waals surface area contributed by atoms with Crippen LogP contribution in [-0.2, 0) is 4.74 Å². The molecule has 2 aromatic rings. The number of carbonyl (C=O) groups is 1. The third-order valence-electron chi connectivity index (χ3n) is 5.56. The van der Waals surface area contributed by atoms with Gasteiger partial charge in [-0.25, -0.2) is 9.37 Å². The van der Waals surface area contributed by atoms with Crippen molar-refractivity contribution in [2.45, 2.75) is 39.3 Å². The lowest BCUT2D eigenvalue weighted by atomic mass is 10.0. The van der Waals surface area contributed by atoms with E-state index in [9.17, 15) is 9.18 Å². The van der Waals surface area contributed by atoms with Crippen LogP contribution in [0.2, 0.25) is 0 Å². The van der Waals surface area contributed by atoms with Crippen LogP contribution in [0.5, 0.6) is 5.88 Å². The first-order chi connectivity index (χ1) is 14.7. The molecule has 3 heterocycles. The molecular formula is C22H28FN5O3. The number of ether oxygens (including phenoxy) is 2. The van der Waals surface area contributed by atoms with E-state index in [2.05, 4.69) is 9.97 Å². The number of nitrogens with two attached hydrogens (primary N) is 1. The van der Waals surface area contributed by atoms with Crippen LogP contribution in [0, 0.1) is 5.82 Å². The summed E-state index contributed by atoms with van der Waals surface area (Å²) in [5.41, 5.74) is 5.92. The Kier molecular flexibility index (Phi) is 5.47. The van der Waals surface area contributed by atoms with Gasteiger partial charge in [0, 0.05) is 24.3 Å². The summed E-state index contributed by atoms with van der Waals surface area (Å²) in [6, 6.07) is 4.38. The molecule has 2 aliphatic rings. The van der Waals surface area contributed by atoms with Crippen molar-refractivity contribution >= 4 is 17.5 Å². The van der Waals surface area contributed by atoms with Gasteiger partial charge in [0.05, 0.1) is 31.5 Å². The summed E-state index contributed by atoms with van der Waals surface area (Å²) in [6.45, 7) is 10.2. The zero-order valence-corrected chi connectivity index (χ0v) is 18.3. The molecule has 1 atom stereocenters. The molecule has 2 N–H and O–H groups in total. The van der Waals surface area contributed by atoms with Crippen LogP contribution in [0.4, 0.5) is 16.0 Å². The SMILES string of the molecule is CCN1CC(C)(C)Oc2nc(N3CCOCC3C)nc(-c3ccc(N)cc3F)c2C1=O. The Morgan fingerprint density at radius 1 is 1.32 bits per heavy atom. The van der Waals surface area contributed by atoms with Crippen LogP contribution in [0.15, 0.2) is 18.2 Å². The quantitative estimate of drug-likeness (QED) is 0.750. The number of carbonyl (C=O) groups excluding carboxylic acids is 1. The first-order valence-electron chi connectivity index (χ1n) is 10.5. The van der Waals surface area contributed by atoms with Gasteiger partial charge in [0.1, 0.15) is 17.0 Å². The second-order valence-electron chi connectivity index (χ2n) is 8.59. The van der Waals surface area contributed by atoms with Gasteiger partial charge in [-0.2, -0.15) is 4.98 Å². The number of hydrogen-bond acceptors (Lipinski definition) is 7. The molecule has 1 unspecified atom stereocenters. The summed E-state index contributed by atoms with van der Waals surface area (Å²) in [6.07, 6.45) is 0. The first-order valence-corrected chi connectivity index (χ1v) is 10.5. The predicted octanol–water partition coefficient (Wildman–Crippen LogP) is 2.72. The Morgan fingerprint density at radius 3 is 2.77 bits per heavy atom. The molecule has 31 heavy (non-hydrogen) atoms. The second kappa shape index (κ2) is 7.96. The fourth-order valence-electron chi connectivity index (χ4n) is 4.01. The lowest BCUT2D eigenvalue weighted by molar-refractivity contribution is 0.0541. The van der Waals surface area contributed by atoms with E-state index in [4.69, 9.17) is 15.2 Å². The van der Waals surface area contributed by atoms with E-state index in [1.54, 1.807) is 17.0 Å². The number of morpholine rings is 1. The Bertz CT molecular complexity index is 1010. The lowest BCUT2D eigenvalue weighted by Gasteiger charge is -2.34. The minimum atomic E-state index is -0.671. The zero-order valence-electron chi connectivity index (χ0n) is 18.3. The smallest absolute Gasteiger partial charge is 0.261 e. The summed E-state index contributed by atoms with van der Waals surface area (Å²) >= 11 is 0. The Hall–Kier alpha value is -2.94. The number of nitrogen functional groups attached to an aromatic ring is 1. The lowest BCUT2D eigenvalue weighted by Crippen LogP contribution is -2.44. The molecule has 0 spiro atoms. The van der Waals surface area contributed by atoms with E-state index in [0.29, 0.717) is 44.5 Å². The van der Waals surface area contributed by atoms with Crippen molar-refractivity contribution in [1.29, 1.82) is 0 Å².